The Hall–Kier alpha value is -2.79. The van der Waals surface area contributed by atoms with E-state index in [1.165, 1.54) is 18.2 Å². The molecule has 0 spiro atoms. The van der Waals surface area contributed by atoms with Gasteiger partial charge in [-0.2, -0.15) is 0 Å². The zero-order valence-electron chi connectivity index (χ0n) is 12.2. The number of azo groups is 1. The van der Waals surface area contributed by atoms with E-state index in [1.807, 2.05) is 0 Å². The molecule has 0 heterocycles. The number of nitrogens with zero attached hydrogens (tertiary/aromatic N) is 2. The number of hydrogen-bond donors (Lipinski definition) is 3. The van der Waals surface area contributed by atoms with E-state index in [1.54, 1.807) is 31.2 Å². The van der Waals surface area contributed by atoms with Crippen molar-refractivity contribution in [2.75, 3.05) is 0 Å². The van der Waals surface area contributed by atoms with Crippen molar-refractivity contribution in [3.8, 4) is 17.2 Å². The lowest BCUT2D eigenvalue weighted by Gasteiger charge is -2.06. The van der Waals surface area contributed by atoms with Crippen LogP contribution in [0.3, 0.4) is 0 Å². The molecule has 0 aliphatic carbocycles. The van der Waals surface area contributed by atoms with E-state index in [0.717, 1.165) is 0 Å². The summed E-state index contributed by atoms with van der Waals surface area (Å²) in [7, 11) is 0. The fourth-order valence-electron chi connectivity index (χ4n) is 2.30. The second kappa shape index (κ2) is 5.78. The van der Waals surface area contributed by atoms with E-state index in [9.17, 15) is 15.3 Å². The van der Waals surface area contributed by atoms with Gasteiger partial charge in [0.2, 0.25) is 0 Å². The Bertz CT molecular complexity index is 939. The van der Waals surface area contributed by atoms with Crippen molar-refractivity contribution < 1.29 is 15.3 Å². The van der Waals surface area contributed by atoms with Crippen LogP contribution in [0.15, 0.2) is 52.7 Å². The summed E-state index contributed by atoms with van der Waals surface area (Å²) in [6, 6.07) is 11.1. The SMILES string of the molecule is Cc1cc(Cl)cc(N=Nc2ccc3c(O)cccc3c2O)c1O. The van der Waals surface area contributed by atoms with Gasteiger partial charge in [0, 0.05) is 15.8 Å². The third-order valence-corrected chi connectivity index (χ3v) is 3.72. The van der Waals surface area contributed by atoms with Gasteiger partial charge in [-0.1, -0.05) is 23.7 Å². The maximum absolute atomic E-state index is 10.3. The molecule has 0 saturated heterocycles. The number of aromatic hydroxyl groups is 3. The molecule has 6 heteroatoms. The maximum atomic E-state index is 10.3. The number of fused-ring (bicyclic) bond motifs is 1. The molecule has 3 rings (SSSR count). The first-order valence-corrected chi connectivity index (χ1v) is 7.19. The number of rotatable bonds is 2. The van der Waals surface area contributed by atoms with Crippen molar-refractivity contribution in [1.82, 2.24) is 0 Å². The summed E-state index contributed by atoms with van der Waals surface area (Å²) in [5.41, 5.74) is 1.02. The van der Waals surface area contributed by atoms with Crippen molar-refractivity contribution in [2.45, 2.75) is 6.92 Å². The molecule has 116 valence electrons. The molecule has 0 aromatic heterocycles. The first-order valence-electron chi connectivity index (χ1n) is 6.82. The quantitative estimate of drug-likeness (QED) is 0.555. The minimum absolute atomic E-state index is 0.0175. The predicted molar refractivity (Wildman–Crippen MR) is 89.3 cm³/mol. The fourth-order valence-corrected chi connectivity index (χ4v) is 2.56. The summed E-state index contributed by atoms with van der Waals surface area (Å²) in [6.07, 6.45) is 0. The Morgan fingerprint density at radius 2 is 1.57 bits per heavy atom. The van der Waals surface area contributed by atoms with Gasteiger partial charge >= 0.3 is 0 Å². The highest BCUT2D eigenvalue weighted by molar-refractivity contribution is 6.31. The maximum Gasteiger partial charge on any atom is 0.151 e. The lowest BCUT2D eigenvalue weighted by molar-refractivity contribution is 0.471. The molecule has 0 fully saturated rings. The van der Waals surface area contributed by atoms with Crippen LogP contribution in [0.25, 0.3) is 10.8 Å². The van der Waals surface area contributed by atoms with E-state index < -0.39 is 0 Å². The molecular formula is C17H13ClN2O3. The van der Waals surface area contributed by atoms with Gasteiger partial charge in [-0.3, -0.25) is 0 Å². The van der Waals surface area contributed by atoms with Crippen molar-refractivity contribution in [2.24, 2.45) is 10.2 Å². The van der Waals surface area contributed by atoms with Crippen molar-refractivity contribution in [3.63, 3.8) is 0 Å². The summed E-state index contributed by atoms with van der Waals surface area (Å²) < 4.78 is 0. The normalized spacial score (nSPS) is 11.4. The zero-order valence-corrected chi connectivity index (χ0v) is 12.9. The molecule has 0 saturated carbocycles. The Kier molecular flexibility index (Phi) is 3.80. The van der Waals surface area contributed by atoms with E-state index in [0.29, 0.717) is 21.4 Å². The molecule has 0 bridgehead atoms. The lowest BCUT2D eigenvalue weighted by Crippen LogP contribution is -1.78. The molecule has 0 aliphatic rings. The molecule has 0 amide bonds. The van der Waals surface area contributed by atoms with Crippen molar-refractivity contribution >= 4 is 33.7 Å². The van der Waals surface area contributed by atoms with Crippen LogP contribution in [0.1, 0.15) is 5.56 Å². The van der Waals surface area contributed by atoms with Gasteiger partial charge in [0.15, 0.2) is 5.75 Å². The highest BCUT2D eigenvalue weighted by Gasteiger charge is 2.10. The van der Waals surface area contributed by atoms with Crippen LogP contribution in [0.4, 0.5) is 11.4 Å². The molecule has 5 nitrogen and oxygen atoms in total. The Labute approximate surface area is 137 Å². The molecule has 0 radical (unpaired) electrons. The van der Waals surface area contributed by atoms with Crippen LogP contribution < -0.4 is 0 Å². The molecule has 3 N–H and O–H groups in total. The minimum atomic E-state index is -0.0969. The van der Waals surface area contributed by atoms with Gasteiger partial charge in [-0.15, -0.1) is 10.2 Å². The summed E-state index contributed by atoms with van der Waals surface area (Å²) in [5, 5.41) is 39.4. The van der Waals surface area contributed by atoms with Crippen molar-refractivity contribution in [1.29, 1.82) is 0 Å². The van der Waals surface area contributed by atoms with Crippen LogP contribution in [-0.4, -0.2) is 15.3 Å². The Morgan fingerprint density at radius 1 is 0.826 bits per heavy atom. The molecule has 23 heavy (non-hydrogen) atoms. The third-order valence-electron chi connectivity index (χ3n) is 3.50. The Morgan fingerprint density at radius 3 is 2.35 bits per heavy atom. The Balaban J connectivity index is 2.07. The second-order valence-corrected chi connectivity index (χ2v) is 5.53. The predicted octanol–water partition coefficient (Wildman–Crippen LogP) is 5.33. The second-order valence-electron chi connectivity index (χ2n) is 5.10. The first kappa shape index (κ1) is 15.1. The fraction of sp³-hybridized carbons (Fsp3) is 0.0588. The van der Waals surface area contributed by atoms with Crippen LogP contribution >= 0.6 is 11.6 Å². The minimum Gasteiger partial charge on any atom is -0.507 e. The van der Waals surface area contributed by atoms with Crippen molar-refractivity contribution in [3.05, 3.63) is 53.1 Å². The van der Waals surface area contributed by atoms with Gasteiger partial charge in [0.05, 0.1) is 0 Å². The standard InChI is InChI=1S/C17H13ClN2O3/c1-9-7-10(18)8-14(16(9)22)20-19-13-6-5-11-12(17(13)23)3-2-4-15(11)21/h2-8,21-23H,1H3. The van der Waals surface area contributed by atoms with Crippen LogP contribution in [0.5, 0.6) is 17.2 Å². The highest BCUT2D eigenvalue weighted by atomic mass is 35.5. The average molecular weight is 329 g/mol. The molecule has 0 unspecified atom stereocenters. The van der Waals surface area contributed by atoms with E-state index in [4.69, 9.17) is 11.6 Å². The number of phenolic OH excluding ortho intramolecular Hbond substituents is 3. The molecule has 0 aliphatic heterocycles. The van der Waals surface area contributed by atoms with Crippen LogP contribution in [-0.2, 0) is 0 Å². The molecule has 3 aromatic rings. The summed E-state index contributed by atoms with van der Waals surface area (Å²) in [4.78, 5) is 0. The zero-order chi connectivity index (χ0) is 16.6. The number of aryl methyl sites for hydroxylation is 1. The topological polar surface area (TPSA) is 85.4 Å². The average Bonchev–Trinajstić information content (AvgIpc) is 2.51. The first-order chi connectivity index (χ1) is 11.0. The molecular weight excluding hydrogens is 316 g/mol. The largest absolute Gasteiger partial charge is 0.507 e. The lowest BCUT2D eigenvalue weighted by atomic mass is 10.1. The van der Waals surface area contributed by atoms with Gasteiger partial charge in [0.1, 0.15) is 22.9 Å². The van der Waals surface area contributed by atoms with Gasteiger partial charge in [-0.25, -0.2) is 0 Å². The number of phenols is 3. The van der Waals surface area contributed by atoms with E-state index in [2.05, 4.69) is 10.2 Å². The molecule has 0 atom stereocenters. The van der Waals surface area contributed by atoms with Crippen LogP contribution in [0, 0.1) is 6.92 Å². The number of benzene rings is 3. The monoisotopic (exact) mass is 328 g/mol. The van der Waals surface area contributed by atoms with Gasteiger partial charge in [-0.05, 0) is 42.8 Å². The summed E-state index contributed by atoms with van der Waals surface area (Å²) in [5.74, 6) is -0.0409. The van der Waals surface area contributed by atoms with E-state index >= 15 is 0 Å². The smallest absolute Gasteiger partial charge is 0.151 e. The summed E-state index contributed by atoms with van der Waals surface area (Å²) >= 11 is 5.94. The summed E-state index contributed by atoms with van der Waals surface area (Å²) in [6.45, 7) is 1.70. The van der Waals surface area contributed by atoms with Gasteiger partial charge < -0.3 is 15.3 Å². The van der Waals surface area contributed by atoms with Gasteiger partial charge in [0.25, 0.3) is 0 Å². The van der Waals surface area contributed by atoms with Crippen LogP contribution in [0.2, 0.25) is 5.02 Å². The highest BCUT2D eigenvalue weighted by Crippen LogP contribution is 2.40. The van der Waals surface area contributed by atoms with E-state index in [-0.39, 0.29) is 28.6 Å². The molecule has 3 aromatic carbocycles. The number of halogens is 1. The number of hydrogen-bond acceptors (Lipinski definition) is 5. The third kappa shape index (κ3) is 2.78.